The third-order valence-corrected chi connectivity index (χ3v) is 4.65. The monoisotopic (exact) mass is 404 g/mol. The second kappa shape index (κ2) is 10.5. The first-order valence-electron chi connectivity index (χ1n) is 9.54. The molecule has 156 valence electrons. The molecule has 2 amide bonds. The fourth-order valence-electron chi connectivity index (χ4n) is 2.64. The lowest BCUT2D eigenvalue weighted by Gasteiger charge is -2.29. The lowest BCUT2D eigenvalue weighted by Crippen LogP contribution is -2.50. The molecule has 0 saturated carbocycles. The van der Waals surface area contributed by atoms with E-state index < -0.39 is 30.2 Å². The predicted molar refractivity (Wildman–Crippen MR) is 106 cm³/mol. The summed E-state index contributed by atoms with van der Waals surface area (Å²) in [5, 5.41) is 2.82. The van der Waals surface area contributed by atoms with Gasteiger partial charge in [-0.05, 0) is 38.5 Å². The van der Waals surface area contributed by atoms with Crippen LogP contribution in [0.1, 0.15) is 32.8 Å². The zero-order valence-corrected chi connectivity index (χ0v) is 16.8. The van der Waals surface area contributed by atoms with Crippen LogP contribution in [0, 0.1) is 11.6 Å². The molecular weight excluding hydrogens is 378 g/mol. The summed E-state index contributed by atoms with van der Waals surface area (Å²) >= 11 is 0. The van der Waals surface area contributed by atoms with Crippen LogP contribution < -0.4 is 10.1 Å². The van der Waals surface area contributed by atoms with Gasteiger partial charge in [-0.3, -0.25) is 9.59 Å². The van der Waals surface area contributed by atoms with Gasteiger partial charge >= 0.3 is 0 Å². The van der Waals surface area contributed by atoms with Crippen LogP contribution in [-0.4, -0.2) is 35.4 Å². The van der Waals surface area contributed by atoms with Crippen molar-refractivity contribution in [3.8, 4) is 5.75 Å². The molecule has 0 aliphatic heterocycles. The fraction of sp³-hybridized carbons (Fsp3) is 0.364. The largest absolute Gasteiger partial charge is 0.481 e. The number of halogens is 2. The van der Waals surface area contributed by atoms with Crippen LogP contribution in [0.4, 0.5) is 8.78 Å². The lowest BCUT2D eigenvalue weighted by atomic mass is 10.1. The van der Waals surface area contributed by atoms with E-state index in [0.29, 0.717) is 0 Å². The molecule has 0 saturated heterocycles. The van der Waals surface area contributed by atoms with Crippen LogP contribution in [0.2, 0.25) is 0 Å². The summed E-state index contributed by atoms with van der Waals surface area (Å²) in [7, 11) is 0. The Morgan fingerprint density at radius 3 is 2.28 bits per heavy atom. The van der Waals surface area contributed by atoms with E-state index in [2.05, 4.69) is 5.32 Å². The van der Waals surface area contributed by atoms with E-state index in [1.54, 1.807) is 31.2 Å². The molecule has 0 heterocycles. The number of hydrogen-bond acceptors (Lipinski definition) is 3. The van der Waals surface area contributed by atoms with Gasteiger partial charge in [-0.1, -0.05) is 37.3 Å². The Labute approximate surface area is 169 Å². The molecule has 0 radical (unpaired) electrons. The smallest absolute Gasteiger partial charge is 0.261 e. The van der Waals surface area contributed by atoms with Gasteiger partial charge in [0.2, 0.25) is 5.91 Å². The van der Waals surface area contributed by atoms with Crippen molar-refractivity contribution in [2.24, 2.45) is 0 Å². The maximum atomic E-state index is 14.1. The van der Waals surface area contributed by atoms with Gasteiger partial charge in [0, 0.05) is 18.2 Å². The third kappa shape index (κ3) is 6.27. The van der Waals surface area contributed by atoms with E-state index in [0.717, 1.165) is 6.42 Å². The number of carbonyl (C=O) groups excluding carboxylic acids is 2. The van der Waals surface area contributed by atoms with Gasteiger partial charge in [-0.2, -0.15) is 0 Å². The van der Waals surface area contributed by atoms with E-state index >= 15 is 0 Å². The predicted octanol–water partition coefficient (Wildman–Crippen LogP) is 3.68. The first-order chi connectivity index (χ1) is 13.8. The molecule has 2 aromatic rings. The number of ether oxygens (including phenoxy) is 1. The van der Waals surface area contributed by atoms with Crippen molar-refractivity contribution < 1.29 is 23.1 Å². The summed E-state index contributed by atoms with van der Waals surface area (Å²) in [6.07, 6.45) is 0.732. The summed E-state index contributed by atoms with van der Waals surface area (Å²) in [5.41, 5.74) is 0.273. The summed E-state index contributed by atoms with van der Waals surface area (Å²) in [6.45, 7) is 4.77. The topological polar surface area (TPSA) is 58.6 Å². The molecule has 0 aliphatic carbocycles. The summed E-state index contributed by atoms with van der Waals surface area (Å²) in [6, 6.07) is 10.8. The average Bonchev–Trinajstić information content (AvgIpc) is 2.71. The molecule has 2 aromatic carbocycles. The van der Waals surface area contributed by atoms with Crippen LogP contribution in [0.15, 0.2) is 48.5 Å². The van der Waals surface area contributed by atoms with Crippen LogP contribution in [0.25, 0.3) is 0 Å². The second-order valence-corrected chi connectivity index (χ2v) is 6.83. The minimum atomic E-state index is -0.861. The van der Waals surface area contributed by atoms with Crippen molar-refractivity contribution in [2.75, 3.05) is 6.61 Å². The van der Waals surface area contributed by atoms with E-state index in [1.165, 1.54) is 29.2 Å². The van der Waals surface area contributed by atoms with Gasteiger partial charge in [-0.15, -0.1) is 0 Å². The number of nitrogens with one attached hydrogen (secondary N) is 1. The third-order valence-electron chi connectivity index (χ3n) is 4.65. The van der Waals surface area contributed by atoms with Crippen LogP contribution in [0.3, 0.4) is 0 Å². The molecule has 0 aromatic heterocycles. The first kappa shape index (κ1) is 22.3. The molecule has 2 rings (SSSR count). The number of para-hydroxylation sites is 1. The summed E-state index contributed by atoms with van der Waals surface area (Å²) in [5.74, 6) is -2.04. The fourth-order valence-corrected chi connectivity index (χ4v) is 2.64. The molecular formula is C22H26F2N2O3. The minimum absolute atomic E-state index is 0.0648. The maximum absolute atomic E-state index is 14.1. The Morgan fingerprint density at radius 1 is 1.03 bits per heavy atom. The SMILES string of the molecule is CC[C@H](C)NC(=O)[C@@H](C)N(Cc1ccccc1F)C(=O)COc1ccccc1F. The Hall–Kier alpha value is -2.96. The maximum Gasteiger partial charge on any atom is 0.261 e. The molecule has 29 heavy (non-hydrogen) atoms. The summed E-state index contributed by atoms with van der Waals surface area (Å²) in [4.78, 5) is 26.6. The van der Waals surface area contributed by atoms with Crippen molar-refractivity contribution in [3.63, 3.8) is 0 Å². The van der Waals surface area contributed by atoms with E-state index in [4.69, 9.17) is 4.74 Å². The Morgan fingerprint density at radius 2 is 1.66 bits per heavy atom. The lowest BCUT2D eigenvalue weighted by molar-refractivity contribution is -0.142. The molecule has 1 N–H and O–H groups in total. The zero-order valence-electron chi connectivity index (χ0n) is 16.8. The Balaban J connectivity index is 2.18. The van der Waals surface area contributed by atoms with Gasteiger partial charge in [0.05, 0.1) is 0 Å². The number of benzene rings is 2. The molecule has 0 unspecified atom stereocenters. The quantitative estimate of drug-likeness (QED) is 0.694. The standard InChI is InChI=1S/C22H26F2N2O3/c1-4-15(2)25-22(28)16(3)26(13-17-9-5-6-10-18(17)23)21(27)14-29-20-12-8-7-11-19(20)24/h5-12,15-16H,4,13-14H2,1-3H3,(H,25,28)/t15-,16+/m0/s1. The Bertz CT molecular complexity index is 844. The number of carbonyl (C=O) groups is 2. The number of hydrogen-bond donors (Lipinski definition) is 1. The van der Waals surface area contributed by atoms with Crippen LogP contribution in [-0.2, 0) is 16.1 Å². The van der Waals surface area contributed by atoms with Gasteiger partial charge in [0.1, 0.15) is 11.9 Å². The molecule has 0 bridgehead atoms. The number of nitrogens with zero attached hydrogens (tertiary/aromatic N) is 1. The molecule has 2 atom stereocenters. The van der Waals surface area contributed by atoms with E-state index in [-0.39, 0.29) is 29.8 Å². The van der Waals surface area contributed by atoms with Crippen molar-refractivity contribution in [3.05, 3.63) is 65.7 Å². The van der Waals surface area contributed by atoms with Crippen LogP contribution >= 0.6 is 0 Å². The van der Waals surface area contributed by atoms with Gasteiger partial charge in [0.25, 0.3) is 5.91 Å². The Kier molecular flexibility index (Phi) is 8.12. The normalized spacial score (nSPS) is 12.7. The van der Waals surface area contributed by atoms with E-state index in [1.807, 2.05) is 13.8 Å². The number of rotatable bonds is 9. The van der Waals surface area contributed by atoms with E-state index in [9.17, 15) is 18.4 Å². The van der Waals surface area contributed by atoms with Crippen LogP contribution in [0.5, 0.6) is 5.75 Å². The highest BCUT2D eigenvalue weighted by atomic mass is 19.1. The highest BCUT2D eigenvalue weighted by Gasteiger charge is 2.28. The number of amides is 2. The molecule has 0 aliphatic rings. The first-order valence-corrected chi connectivity index (χ1v) is 9.54. The molecule has 5 nitrogen and oxygen atoms in total. The van der Waals surface area contributed by atoms with Crippen molar-refractivity contribution >= 4 is 11.8 Å². The van der Waals surface area contributed by atoms with Crippen molar-refractivity contribution in [1.29, 1.82) is 0 Å². The molecule has 0 spiro atoms. The highest BCUT2D eigenvalue weighted by molar-refractivity contribution is 5.88. The average molecular weight is 404 g/mol. The minimum Gasteiger partial charge on any atom is -0.481 e. The molecule has 0 fully saturated rings. The van der Waals surface area contributed by atoms with Gasteiger partial charge in [0.15, 0.2) is 18.2 Å². The highest BCUT2D eigenvalue weighted by Crippen LogP contribution is 2.17. The summed E-state index contributed by atoms with van der Waals surface area (Å²) < 4.78 is 33.2. The zero-order chi connectivity index (χ0) is 21.4. The van der Waals surface area contributed by atoms with Crippen molar-refractivity contribution in [2.45, 2.75) is 45.8 Å². The second-order valence-electron chi connectivity index (χ2n) is 6.83. The van der Waals surface area contributed by atoms with Gasteiger partial charge < -0.3 is 15.0 Å². The van der Waals surface area contributed by atoms with Gasteiger partial charge in [-0.25, -0.2) is 8.78 Å². The molecule has 7 heteroatoms. The van der Waals surface area contributed by atoms with Crippen molar-refractivity contribution in [1.82, 2.24) is 10.2 Å².